The number of hydrogen-bond acceptors (Lipinski definition) is 6. The number of hydrogen-bond donors (Lipinski definition) is 1. The van der Waals surface area contributed by atoms with Crippen molar-refractivity contribution in [3.8, 4) is 0 Å². The van der Waals surface area contributed by atoms with Gasteiger partial charge in [0.15, 0.2) is 0 Å². The number of nitrogen functional groups attached to an aromatic ring is 1. The number of esters is 1. The highest BCUT2D eigenvalue weighted by molar-refractivity contribution is 7.98. The van der Waals surface area contributed by atoms with Crippen molar-refractivity contribution in [3.05, 3.63) is 5.56 Å². The maximum atomic E-state index is 12.4. The molecule has 1 aromatic heterocycles. The summed E-state index contributed by atoms with van der Waals surface area (Å²) in [5, 5.41) is 4.61. The third-order valence-corrected chi connectivity index (χ3v) is 5.87. The topological polar surface area (TPSA) is 87.2 Å². The van der Waals surface area contributed by atoms with Crippen LogP contribution in [0.25, 0.3) is 0 Å². The molecule has 0 saturated heterocycles. The first-order chi connectivity index (χ1) is 14.1. The minimum Gasteiger partial charge on any atom is -0.465 e. The highest BCUT2D eigenvalue weighted by Gasteiger charge is 2.24. The molecule has 0 fully saturated rings. The number of aromatic nitrogens is 2. The van der Waals surface area contributed by atoms with Gasteiger partial charge in [-0.15, -0.1) is 11.8 Å². The Labute approximate surface area is 180 Å². The summed E-state index contributed by atoms with van der Waals surface area (Å²) in [6, 6.07) is 0. The zero-order valence-corrected chi connectivity index (χ0v) is 19.3. The lowest BCUT2D eigenvalue weighted by Crippen LogP contribution is -2.16. The number of carbonyl (C=O) groups is 2. The molecule has 0 bridgehead atoms. The predicted molar refractivity (Wildman–Crippen MR) is 121 cm³/mol. The number of unbranched alkanes of at least 4 members (excludes halogenated alkanes) is 12. The molecule has 2 N–H and O–H groups in total. The highest BCUT2D eigenvalue weighted by Crippen LogP contribution is 2.26. The number of ether oxygens (including phenoxy) is 1. The van der Waals surface area contributed by atoms with E-state index >= 15 is 0 Å². The standard InChI is InChI=1S/C22H39N3O3S/c1-4-5-6-7-8-9-10-11-12-13-14-15-16-17-18(26)25-20(23)19(22(27)28-2)21(24-25)29-3/h4-17,23H2,1-3H3. The van der Waals surface area contributed by atoms with Gasteiger partial charge in [0.05, 0.1) is 7.11 Å². The molecule has 7 heteroatoms. The number of thioether (sulfide) groups is 1. The van der Waals surface area contributed by atoms with Crippen molar-refractivity contribution >= 4 is 29.5 Å². The molecule has 0 aliphatic carbocycles. The molecule has 166 valence electrons. The summed E-state index contributed by atoms with van der Waals surface area (Å²) >= 11 is 1.27. The summed E-state index contributed by atoms with van der Waals surface area (Å²) in [6.07, 6.45) is 18.6. The lowest BCUT2D eigenvalue weighted by atomic mass is 10.0. The van der Waals surface area contributed by atoms with Gasteiger partial charge in [-0.3, -0.25) is 4.79 Å². The average Bonchev–Trinajstić information content (AvgIpc) is 3.07. The van der Waals surface area contributed by atoms with Crippen molar-refractivity contribution in [2.45, 2.75) is 102 Å². The second kappa shape index (κ2) is 15.4. The van der Waals surface area contributed by atoms with Gasteiger partial charge in [-0.25, -0.2) is 4.79 Å². The third-order valence-electron chi connectivity index (χ3n) is 5.20. The minimum absolute atomic E-state index is 0.0703. The molecule has 0 aliphatic rings. The summed E-state index contributed by atoms with van der Waals surface area (Å²) < 4.78 is 5.89. The van der Waals surface area contributed by atoms with Gasteiger partial charge < -0.3 is 10.5 Å². The van der Waals surface area contributed by atoms with Crippen molar-refractivity contribution in [1.82, 2.24) is 9.78 Å². The molecule has 0 aliphatic heterocycles. The third kappa shape index (κ3) is 9.24. The van der Waals surface area contributed by atoms with E-state index in [4.69, 9.17) is 10.5 Å². The Morgan fingerprint density at radius 1 is 0.931 bits per heavy atom. The van der Waals surface area contributed by atoms with Gasteiger partial charge in [0.2, 0.25) is 5.91 Å². The number of methoxy groups -OCH3 is 1. The van der Waals surface area contributed by atoms with Crippen molar-refractivity contribution in [2.24, 2.45) is 0 Å². The fourth-order valence-corrected chi connectivity index (χ4v) is 3.99. The quantitative estimate of drug-likeness (QED) is 0.196. The first kappa shape index (κ1) is 25.5. The van der Waals surface area contributed by atoms with Crippen LogP contribution < -0.4 is 5.73 Å². The molecular weight excluding hydrogens is 386 g/mol. The van der Waals surface area contributed by atoms with Crippen molar-refractivity contribution < 1.29 is 14.3 Å². The first-order valence-corrected chi connectivity index (χ1v) is 12.3. The first-order valence-electron chi connectivity index (χ1n) is 11.1. The van der Waals surface area contributed by atoms with E-state index in [1.807, 2.05) is 0 Å². The largest absolute Gasteiger partial charge is 0.465 e. The molecule has 0 radical (unpaired) electrons. The van der Waals surface area contributed by atoms with E-state index in [1.165, 1.54) is 83.1 Å². The Bertz CT molecular complexity index is 617. The normalized spacial score (nSPS) is 11.0. The van der Waals surface area contributed by atoms with Crippen LogP contribution in [-0.4, -0.2) is 35.0 Å². The lowest BCUT2D eigenvalue weighted by molar-refractivity contribution is 0.0598. The highest BCUT2D eigenvalue weighted by atomic mass is 32.2. The van der Waals surface area contributed by atoms with Crippen LogP contribution >= 0.6 is 11.8 Å². The van der Waals surface area contributed by atoms with Crippen LogP contribution in [0.15, 0.2) is 5.03 Å². The van der Waals surface area contributed by atoms with Gasteiger partial charge in [-0.2, -0.15) is 9.78 Å². The molecule has 0 unspecified atom stereocenters. The second-order valence-electron chi connectivity index (χ2n) is 7.56. The van der Waals surface area contributed by atoms with Crippen LogP contribution in [0.4, 0.5) is 5.82 Å². The van der Waals surface area contributed by atoms with Crippen molar-refractivity contribution in [1.29, 1.82) is 0 Å². The molecule has 1 aromatic rings. The maximum Gasteiger partial charge on any atom is 0.344 e. The Kier molecular flexibility index (Phi) is 13.5. The van der Waals surface area contributed by atoms with Crippen molar-refractivity contribution in [3.63, 3.8) is 0 Å². The van der Waals surface area contributed by atoms with Crippen LogP contribution in [0, 0.1) is 0 Å². The Morgan fingerprint density at radius 2 is 1.41 bits per heavy atom. The monoisotopic (exact) mass is 425 g/mol. The Morgan fingerprint density at radius 3 is 1.86 bits per heavy atom. The summed E-state index contributed by atoms with van der Waals surface area (Å²) in [5.41, 5.74) is 6.15. The molecule has 1 rings (SSSR count). The number of carbonyl (C=O) groups excluding carboxylic acids is 2. The summed E-state index contributed by atoms with van der Waals surface area (Å²) in [5.74, 6) is -0.663. The summed E-state index contributed by atoms with van der Waals surface area (Å²) in [6.45, 7) is 2.25. The molecule has 0 atom stereocenters. The number of anilines is 1. The van der Waals surface area contributed by atoms with Crippen LogP contribution in [0.5, 0.6) is 0 Å². The second-order valence-corrected chi connectivity index (χ2v) is 8.35. The number of nitrogens with two attached hydrogens (primary N) is 1. The van der Waals surface area contributed by atoms with E-state index in [0.717, 1.165) is 23.9 Å². The zero-order chi connectivity index (χ0) is 21.5. The van der Waals surface area contributed by atoms with Gasteiger partial charge in [0.25, 0.3) is 0 Å². The number of rotatable bonds is 16. The van der Waals surface area contributed by atoms with E-state index in [0.29, 0.717) is 11.4 Å². The molecular formula is C22H39N3O3S. The molecule has 29 heavy (non-hydrogen) atoms. The SMILES string of the molecule is CCCCCCCCCCCCCCCC(=O)n1nc(SC)c(C(=O)OC)c1N. The van der Waals surface area contributed by atoms with Crippen LogP contribution in [0.3, 0.4) is 0 Å². The Balaban J connectivity index is 2.17. The van der Waals surface area contributed by atoms with Gasteiger partial charge in [-0.1, -0.05) is 84.0 Å². The number of nitrogens with zero attached hydrogens (tertiary/aromatic N) is 2. The minimum atomic E-state index is -0.563. The van der Waals surface area contributed by atoms with E-state index < -0.39 is 5.97 Å². The molecule has 6 nitrogen and oxygen atoms in total. The van der Waals surface area contributed by atoms with Crippen LogP contribution in [-0.2, 0) is 4.74 Å². The van der Waals surface area contributed by atoms with E-state index in [-0.39, 0.29) is 17.3 Å². The van der Waals surface area contributed by atoms with Crippen LogP contribution in [0.1, 0.15) is 112 Å². The fourth-order valence-electron chi connectivity index (χ4n) is 3.44. The van der Waals surface area contributed by atoms with Gasteiger partial charge in [-0.05, 0) is 12.7 Å². The molecule has 0 aromatic carbocycles. The van der Waals surface area contributed by atoms with E-state index in [1.54, 1.807) is 6.26 Å². The maximum absolute atomic E-state index is 12.4. The Hall–Kier alpha value is -1.50. The van der Waals surface area contributed by atoms with Gasteiger partial charge >= 0.3 is 5.97 Å². The molecule has 1 heterocycles. The molecule has 0 amide bonds. The average molecular weight is 426 g/mol. The fraction of sp³-hybridized carbons (Fsp3) is 0.773. The molecule has 0 saturated carbocycles. The zero-order valence-electron chi connectivity index (χ0n) is 18.5. The van der Waals surface area contributed by atoms with Gasteiger partial charge in [0.1, 0.15) is 16.4 Å². The van der Waals surface area contributed by atoms with E-state index in [9.17, 15) is 9.59 Å². The van der Waals surface area contributed by atoms with E-state index in [2.05, 4.69) is 12.0 Å². The summed E-state index contributed by atoms with van der Waals surface area (Å²) in [7, 11) is 1.29. The van der Waals surface area contributed by atoms with Crippen LogP contribution in [0.2, 0.25) is 0 Å². The lowest BCUT2D eigenvalue weighted by Gasteiger charge is -2.04. The summed E-state index contributed by atoms with van der Waals surface area (Å²) in [4.78, 5) is 24.3. The van der Waals surface area contributed by atoms with Crippen molar-refractivity contribution in [2.75, 3.05) is 19.1 Å². The smallest absolute Gasteiger partial charge is 0.344 e. The predicted octanol–water partition coefficient (Wildman–Crippen LogP) is 6.10. The molecule has 0 spiro atoms. The van der Waals surface area contributed by atoms with Gasteiger partial charge in [0, 0.05) is 6.42 Å².